The smallest absolute Gasteiger partial charge is 0.410 e. The van der Waals surface area contributed by atoms with Gasteiger partial charge in [0, 0.05) is 23.8 Å². The Labute approximate surface area is 161 Å². The Morgan fingerprint density at radius 3 is 2.62 bits per heavy atom. The maximum absolute atomic E-state index is 12.4. The van der Waals surface area contributed by atoms with Crippen LogP contribution >= 0.6 is 15.9 Å². The molecule has 0 aromatic carbocycles. The summed E-state index contributed by atoms with van der Waals surface area (Å²) in [5.41, 5.74) is -0.725. The minimum absolute atomic E-state index is 0.365. The van der Waals surface area contributed by atoms with Crippen molar-refractivity contribution in [3.8, 4) is 0 Å². The summed E-state index contributed by atoms with van der Waals surface area (Å²) in [5.74, 6) is -1.03. The molecule has 2 heterocycles. The zero-order chi connectivity index (χ0) is 19.4. The van der Waals surface area contributed by atoms with Crippen LogP contribution in [0.3, 0.4) is 0 Å². The summed E-state index contributed by atoms with van der Waals surface area (Å²) in [6.45, 7) is 6.01. The number of nitrogens with zero attached hydrogens (tertiary/aromatic N) is 2. The molecule has 1 aliphatic heterocycles. The van der Waals surface area contributed by atoms with E-state index in [0.717, 1.165) is 4.47 Å². The van der Waals surface area contributed by atoms with Crippen molar-refractivity contribution in [2.45, 2.75) is 51.2 Å². The highest BCUT2D eigenvalue weighted by Crippen LogP contribution is 2.36. The fraction of sp³-hybridized carbons (Fsp3) is 0.611. The van der Waals surface area contributed by atoms with Crippen LogP contribution < -0.4 is 0 Å². The van der Waals surface area contributed by atoms with Crippen LogP contribution in [-0.4, -0.2) is 52.4 Å². The normalized spacial score (nSPS) is 21.2. The topological polar surface area (TPSA) is 89.0 Å². The summed E-state index contributed by atoms with van der Waals surface area (Å²) in [5, 5.41) is 9.05. The third kappa shape index (κ3) is 5.67. The van der Waals surface area contributed by atoms with Gasteiger partial charge in [0.15, 0.2) is 0 Å². The standard InChI is InChI=1S/C18H25BrN2O5/c1-17(2,3)26-16(24)21-9-4-7-18(8-10-21,25-12-15(22)23)14-6-5-13(19)11-20-14/h5-6,11H,4,7-10,12H2,1-3H3,(H,22,23). The van der Waals surface area contributed by atoms with E-state index in [1.54, 1.807) is 11.1 Å². The second-order valence-electron chi connectivity index (χ2n) is 7.36. The molecular weight excluding hydrogens is 404 g/mol. The second-order valence-corrected chi connectivity index (χ2v) is 8.27. The van der Waals surface area contributed by atoms with E-state index in [-0.39, 0.29) is 6.09 Å². The van der Waals surface area contributed by atoms with Gasteiger partial charge in [-0.2, -0.15) is 0 Å². The predicted molar refractivity (Wildman–Crippen MR) is 98.9 cm³/mol. The minimum atomic E-state index is -1.03. The second kappa shape index (κ2) is 8.35. The Balaban J connectivity index is 2.20. The quantitative estimate of drug-likeness (QED) is 0.788. The monoisotopic (exact) mass is 428 g/mol. The summed E-state index contributed by atoms with van der Waals surface area (Å²) in [4.78, 5) is 29.5. The molecule has 8 heteroatoms. The van der Waals surface area contributed by atoms with E-state index >= 15 is 0 Å². The molecule has 1 unspecified atom stereocenters. The van der Waals surface area contributed by atoms with Gasteiger partial charge in [-0.15, -0.1) is 0 Å². The van der Waals surface area contributed by atoms with Crippen LogP contribution in [0.25, 0.3) is 0 Å². The number of aromatic nitrogens is 1. The Morgan fingerprint density at radius 2 is 2.04 bits per heavy atom. The molecule has 0 saturated carbocycles. The first kappa shape index (κ1) is 20.6. The largest absolute Gasteiger partial charge is 0.480 e. The summed E-state index contributed by atoms with van der Waals surface area (Å²) in [7, 11) is 0. The van der Waals surface area contributed by atoms with Gasteiger partial charge < -0.3 is 19.5 Å². The number of halogens is 1. The van der Waals surface area contributed by atoms with Gasteiger partial charge in [0.1, 0.15) is 17.8 Å². The van der Waals surface area contributed by atoms with Gasteiger partial charge in [0.2, 0.25) is 0 Å². The van der Waals surface area contributed by atoms with Gasteiger partial charge in [0.25, 0.3) is 0 Å². The van der Waals surface area contributed by atoms with Crippen LogP contribution in [0.4, 0.5) is 4.79 Å². The fourth-order valence-corrected chi connectivity index (χ4v) is 3.17. The van der Waals surface area contributed by atoms with Crippen molar-refractivity contribution in [2.24, 2.45) is 0 Å². The number of pyridine rings is 1. The summed E-state index contributed by atoms with van der Waals surface area (Å²) < 4.78 is 12.1. The highest BCUT2D eigenvalue weighted by Gasteiger charge is 2.39. The molecule has 26 heavy (non-hydrogen) atoms. The Morgan fingerprint density at radius 1 is 1.31 bits per heavy atom. The zero-order valence-electron chi connectivity index (χ0n) is 15.3. The molecule has 7 nitrogen and oxygen atoms in total. The molecule has 1 amide bonds. The molecule has 144 valence electrons. The number of carboxylic acid groups (broad SMARTS) is 1. The maximum atomic E-state index is 12.4. The lowest BCUT2D eigenvalue weighted by molar-refractivity contribution is -0.152. The molecule has 1 N–H and O–H groups in total. The Hall–Kier alpha value is -1.67. The van der Waals surface area contributed by atoms with Crippen LogP contribution in [0.2, 0.25) is 0 Å². The van der Waals surface area contributed by atoms with E-state index in [9.17, 15) is 9.59 Å². The number of carbonyl (C=O) groups excluding carboxylic acids is 1. The minimum Gasteiger partial charge on any atom is -0.480 e. The average molecular weight is 429 g/mol. The van der Waals surface area contributed by atoms with Gasteiger partial charge in [-0.3, -0.25) is 4.98 Å². The SMILES string of the molecule is CC(C)(C)OC(=O)N1CCCC(OCC(=O)O)(c2ccc(Br)cn2)CC1. The summed E-state index contributed by atoms with van der Waals surface area (Å²) >= 11 is 3.35. The maximum Gasteiger partial charge on any atom is 0.410 e. The molecule has 1 fully saturated rings. The van der Waals surface area contributed by atoms with Crippen LogP contribution in [0.5, 0.6) is 0 Å². The molecule has 1 saturated heterocycles. The van der Waals surface area contributed by atoms with Gasteiger partial charge in [-0.1, -0.05) is 0 Å². The van der Waals surface area contributed by atoms with Gasteiger partial charge >= 0.3 is 12.1 Å². The number of hydrogen-bond acceptors (Lipinski definition) is 5. The predicted octanol–water partition coefficient (Wildman–Crippen LogP) is 3.56. The number of hydrogen-bond donors (Lipinski definition) is 1. The first-order valence-electron chi connectivity index (χ1n) is 8.57. The van der Waals surface area contributed by atoms with Crippen molar-refractivity contribution in [1.29, 1.82) is 0 Å². The zero-order valence-corrected chi connectivity index (χ0v) is 16.9. The highest BCUT2D eigenvalue weighted by molar-refractivity contribution is 9.10. The molecule has 0 radical (unpaired) electrons. The third-order valence-electron chi connectivity index (χ3n) is 4.11. The van der Waals surface area contributed by atoms with E-state index in [1.165, 1.54) is 0 Å². The average Bonchev–Trinajstić information content (AvgIpc) is 2.76. The molecule has 0 bridgehead atoms. The van der Waals surface area contributed by atoms with Crippen molar-refractivity contribution in [2.75, 3.05) is 19.7 Å². The fourth-order valence-electron chi connectivity index (χ4n) is 2.94. The van der Waals surface area contributed by atoms with Gasteiger partial charge in [-0.25, -0.2) is 9.59 Å². The van der Waals surface area contributed by atoms with Crippen molar-refractivity contribution in [1.82, 2.24) is 9.88 Å². The number of rotatable bonds is 4. The number of aliphatic carboxylic acids is 1. The number of amides is 1. The van der Waals surface area contributed by atoms with Crippen LogP contribution in [0, 0.1) is 0 Å². The number of carbonyl (C=O) groups is 2. The molecule has 0 spiro atoms. The lowest BCUT2D eigenvalue weighted by atomic mass is 9.90. The molecule has 1 atom stereocenters. The lowest BCUT2D eigenvalue weighted by Crippen LogP contribution is -2.39. The lowest BCUT2D eigenvalue weighted by Gasteiger charge is -2.32. The highest BCUT2D eigenvalue weighted by atomic mass is 79.9. The van der Waals surface area contributed by atoms with Crippen molar-refractivity contribution < 1.29 is 24.2 Å². The van der Waals surface area contributed by atoms with E-state index < -0.39 is 23.8 Å². The van der Waals surface area contributed by atoms with E-state index in [0.29, 0.717) is 38.0 Å². The first-order valence-corrected chi connectivity index (χ1v) is 9.36. The molecule has 1 aliphatic rings. The first-order chi connectivity index (χ1) is 12.1. The number of likely N-dealkylation sites (tertiary alicyclic amines) is 1. The van der Waals surface area contributed by atoms with Crippen LogP contribution in [0.1, 0.15) is 45.7 Å². The van der Waals surface area contributed by atoms with Gasteiger partial charge in [0.05, 0.1) is 5.69 Å². The molecule has 1 aromatic rings. The Kier molecular flexibility index (Phi) is 6.63. The van der Waals surface area contributed by atoms with Gasteiger partial charge in [-0.05, 0) is 68.1 Å². The van der Waals surface area contributed by atoms with E-state index in [1.807, 2.05) is 32.9 Å². The van der Waals surface area contributed by atoms with Crippen molar-refractivity contribution in [3.63, 3.8) is 0 Å². The molecular formula is C18H25BrN2O5. The molecule has 2 rings (SSSR count). The number of carboxylic acids is 1. The molecule has 1 aromatic heterocycles. The van der Waals surface area contributed by atoms with Crippen molar-refractivity contribution >= 4 is 28.0 Å². The van der Waals surface area contributed by atoms with Crippen LogP contribution in [0.15, 0.2) is 22.8 Å². The van der Waals surface area contributed by atoms with Crippen LogP contribution in [-0.2, 0) is 19.9 Å². The Bertz CT molecular complexity index is 644. The summed E-state index contributed by atoms with van der Waals surface area (Å²) in [6, 6.07) is 3.68. The molecule has 0 aliphatic carbocycles. The summed E-state index contributed by atoms with van der Waals surface area (Å²) in [6.07, 6.45) is 2.99. The van der Waals surface area contributed by atoms with E-state index in [2.05, 4.69) is 20.9 Å². The number of ether oxygens (including phenoxy) is 2. The third-order valence-corrected chi connectivity index (χ3v) is 4.58. The van der Waals surface area contributed by atoms with Crippen molar-refractivity contribution in [3.05, 3.63) is 28.5 Å². The van der Waals surface area contributed by atoms with E-state index in [4.69, 9.17) is 14.6 Å².